The van der Waals surface area contributed by atoms with E-state index in [9.17, 15) is 14.9 Å². The number of rotatable bonds is 6. The highest BCUT2D eigenvalue weighted by Crippen LogP contribution is 2.32. The first-order valence-corrected chi connectivity index (χ1v) is 5.30. The number of carboxylic acid groups (broad SMARTS) is 1. The normalized spacial score (nSPS) is 10.9. The molecule has 0 aromatic carbocycles. The molecule has 0 fully saturated rings. The first-order chi connectivity index (χ1) is 8.76. The summed E-state index contributed by atoms with van der Waals surface area (Å²) in [6.07, 6.45) is 0.876. The van der Waals surface area contributed by atoms with Crippen LogP contribution in [-0.2, 0) is 4.79 Å². The maximum absolute atomic E-state index is 11.0. The average molecular weight is 270 g/mol. The fraction of sp³-hybridized carbons (Fsp3) is 0.500. The standard InChI is InChI=1S/C10H14N4O5/c1-10(2,4-6(15)16)13-8-7(14(17)18)9(19-3)12-5-11-8/h5H,4H2,1-3H3,(H,15,16)(H,11,12,13). The zero-order valence-electron chi connectivity index (χ0n) is 10.7. The van der Waals surface area contributed by atoms with Crippen molar-refractivity contribution in [1.82, 2.24) is 9.97 Å². The van der Waals surface area contributed by atoms with Gasteiger partial charge in [0.25, 0.3) is 5.88 Å². The summed E-state index contributed by atoms with van der Waals surface area (Å²) in [5.41, 5.74) is -1.33. The lowest BCUT2D eigenvalue weighted by atomic mass is 10.0. The molecule has 0 amide bonds. The van der Waals surface area contributed by atoms with E-state index in [1.807, 2.05) is 0 Å². The van der Waals surface area contributed by atoms with Gasteiger partial charge in [-0.2, -0.15) is 4.98 Å². The quantitative estimate of drug-likeness (QED) is 0.580. The molecule has 0 bridgehead atoms. The first-order valence-electron chi connectivity index (χ1n) is 5.30. The van der Waals surface area contributed by atoms with Crippen molar-refractivity contribution >= 4 is 17.5 Å². The Morgan fingerprint density at radius 2 is 2.21 bits per heavy atom. The number of ether oxygens (including phenoxy) is 1. The van der Waals surface area contributed by atoms with E-state index in [4.69, 9.17) is 9.84 Å². The summed E-state index contributed by atoms with van der Waals surface area (Å²) >= 11 is 0. The molecule has 1 aromatic rings. The van der Waals surface area contributed by atoms with Gasteiger partial charge in [-0.15, -0.1) is 0 Å². The van der Waals surface area contributed by atoms with Crippen LogP contribution in [0.2, 0.25) is 0 Å². The molecule has 1 aromatic heterocycles. The van der Waals surface area contributed by atoms with E-state index in [-0.39, 0.29) is 18.1 Å². The summed E-state index contributed by atoms with van der Waals surface area (Å²) in [5.74, 6) is -1.29. The number of anilines is 1. The smallest absolute Gasteiger partial charge is 0.372 e. The van der Waals surface area contributed by atoms with Crippen LogP contribution in [0.1, 0.15) is 20.3 Å². The maximum atomic E-state index is 11.0. The van der Waals surface area contributed by atoms with Gasteiger partial charge < -0.3 is 15.2 Å². The van der Waals surface area contributed by atoms with Crippen molar-refractivity contribution in [1.29, 1.82) is 0 Å². The van der Waals surface area contributed by atoms with Crippen LogP contribution in [0.4, 0.5) is 11.5 Å². The molecule has 1 heterocycles. The predicted octanol–water partition coefficient (Wildman–Crippen LogP) is 1.06. The molecule has 9 nitrogen and oxygen atoms in total. The van der Waals surface area contributed by atoms with Crippen LogP contribution in [-0.4, -0.2) is 38.6 Å². The van der Waals surface area contributed by atoms with Crippen LogP contribution in [0.5, 0.6) is 5.88 Å². The van der Waals surface area contributed by atoms with E-state index in [0.717, 1.165) is 6.33 Å². The monoisotopic (exact) mass is 270 g/mol. The number of carbonyl (C=O) groups is 1. The Balaban J connectivity index is 3.14. The van der Waals surface area contributed by atoms with Gasteiger partial charge in [0.15, 0.2) is 0 Å². The predicted molar refractivity (Wildman–Crippen MR) is 65.2 cm³/mol. The van der Waals surface area contributed by atoms with Crippen molar-refractivity contribution in [3.8, 4) is 5.88 Å². The fourth-order valence-electron chi connectivity index (χ4n) is 1.51. The van der Waals surface area contributed by atoms with Crippen molar-refractivity contribution in [2.75, 3.05) is 12.4 Å². The van der Waals surface area contributed by atoms with Gasteiger partial charge in [0.2, 0.25) is 5.82 Å². The van der Waals surface area contributed by atoms with Crippen molar-refractivity contribution in [3.63, 3.8) is 0 Å². The van der Waals surface area contributed by atoms with Crippen molar-refractivity contribution in [2.45, 2.75) is 25.8 Å². The third kappa shape index (κ3) is 3.76. The van der Waals surface area contributed by atoms with Gasteiger partial charge in [-0.25, -0.2) is 4.98 Å². The van der Waals surface area contributed by atoms with Crippen LogP contribution < -0.4 is 10.1 Å². The molecule has 0 unspecified atom stereocenters. The van der Waals surface area contributed by atoms with E-state index < -0.39 is 22.1 Å². The summed E-state index contributed by atoms with van der Waals surface area (Å²) in [7, 11) is 1.25. The average Bonchev–Trinajstić information content (AvgIpc) is 2.25. The summed E-state index contributed by atoms with van der Waals surface area (Å²) in [6.45, 7) is 3.19. The third-order valence-electron chi connectivity index (χ3n) is 2.21. The van der Waals surface area contributed by atoms with E-state index in [1.54, 1.807) is 13.8 Å². The largest absolute Gasteiger partial charge is 0.481 e. The molecule has 0 spiro atoms. The minimum atomic E-state index is -1.03. The van der Waals surface area contributed by atoms with Crippen LogP contribution in [0, 0.1) is 10.1 Å². The molecule has 0 radical (unpaired) electrons. The highest BCUT2D eigenvalue weighted by atomic mass is 16.6. The second-order valence-corrected chi connectivity index (χ2v) is 4.42. The number of hydrogen-bond donors (Lipinski definition) is 2. The van der Waals surface area contributed by atoms with Crippen molar-refractivity contribution in [2.24, 2.45) is 0 Å². The number of nitrogens with one attached hydrogen (secondary N) is 1. The van der Waals surface area contributed by atoms with Crippen molar-refractivity contribution < 1.29 is 19.6 Å². The first kappa shape index (κ1) is 14.6. The molecule has 0 aliphatic heterocycles. The second-order valence-electron chi connectivity index (χ2n) is 4.42. The van der Waals surface area contributed by atoms with Gasteiger partial charge in [-0.1, -0.05) is 0 Å². The number of nitrogens with zero attached hydrogens (tertiary/aromatic N) is 3. The Bertz CT molecular complexity index is 503. The topological polar surface area (TPSA) is 127 Å². The third-order valence-corrected chi connectivity index (χ3v) is 2.21. The van der Waals surface area contributed by atoms with Gasteiger partial charge >= 0.3 is 11.7 Å². The maximum Gasteiger partial charge on any atom is 0.372 e. The summed E-state index contributed by atoms with van der Waals surface area (Å²) in [4.78, 5) is 28.4. The second kappa shape index (κ2) is 5.46. The highest BCUT2D eigenvalue weighted by Gasteiger charge is 2.29. The Morgan fingerprint density at radius 1 is 1.58 bits per heavy atom. The number of methoxy groups -OCH3 is 1. The summed E-state index contributed by atoms with van der Waals surface area (Å²) < 4.78 is 4.79. The molecule has 9 heteroatoms. The summed E-state index contributed by atoms with van der Waals surface area (Å²) in [6, 6.07) is 0. The lowest BCUT2D eigenvalue weighted by molar-refractivity contribution is -0.385. The Labute approximate surface area is 108 Å². The lowest BCUT2D eigenvalue weighted by Gasteiger charge is -2.24. The molecular weight excluding hydrogens is 256 g/mol. The Morgan fingerprint density at radius 3 is 2.68 bits per heavy atom. The molecule has 0 saturated carbocycles. The fourth-order valence-corrected chi connectivity index (χ4v) is 1.51. The molecule has 0 saturated heterocycles. The highest BCUT2D eigenvalue weighted by molar-refractivity contribution is 5.70. The Kier molecular flexibility index (Phi) is 4.20. The minimum Gasteiger partial charge on any atom is -0.481 e. The number of nitro groups is 1. The molecule has 104 valence electrons. The molecule has 1 rings (SSSR count). The molecular formula is C10H14N4O5. The van der Waals surface area contributed by atoms with E-state index in [1.165, 1.54) is 7.11 Å². The molecule has 2 N–H and O–H groups in total. The number of carboxylic acids is 1. The van der Waals surface area contributed by atoms with Crippen molar-refractivity contribution in [3.05, 3.63) is 16.4 Å². The number of aliphatic carboxylic acids is 1. The van der Waals surface area contributed by atoms with Gasteiger partial charge in [0.1, 0.15) is 6.33 Å². The zero-order chi connectivity index (χ0) is 14.6. The Hall–Kier alpha value is -2.45. The van der Waals surface area contributed by atoms with E-state index >= 15 is 0 Å². The molecule has 0 atom stereocenters. The van der Waals surface area contributed by atoms with E-state index in [2.05, 4.69) is 15.3 Å². The van der Waals surface area contributed by atoms with Gasteiger partial charge in [0.05, 0.1) is 18.5 Å². The van der Waals surface area contributed by atoms with Gasteiger partial charge in [-0.05, 0) is 13.8 Å². The van der Waals surface area contributed by atoms with Crippen LogP contribution >= 0.6 is 0 Å². The number of aromatic nitrogens is 2. The van der Waals surface area contributed by atoms with Gasteiger partial charge in [0, 0.05) is 5.54 Å². The minimum absolute atomic E-state index is 0.0805. The zero-order valence-corrected chi connectivity index (χ0v) is 10.7. The summed E-state index contributed by atoms with van der Waals surface area (Å²) in [5, 5.41) is 22.5. The van der Waals surface area contributed by atoms with Crippen LogP contribution in [0.25, 0.3) is 0 Å². The molecule has 19 heavy (non-hydrogen) atoms. The van der Waals surface area contributed by atoms with Crippen LogP contribution in [0.15, 0.2) is 6.33 Å². The SMILES string of the molecule is COc1ncnc(NC(C)(C)CC(=O)O)c1[N+](=O)[O-]. The van der Waals surface area contributed by atoms with E-state index in [0.29, 0.717) is 0 Å². The van der Waals surface area contributed by atoms with Gasteiger partial charge in [-0.3, -0.25) is 14.9 Å². The lowest BCUT2D eigenvalue weighted by Crippen LogP contribution is -2.34. The number of hydrogen-bond acceptors (Lipinski definition) is 7. The molecule has 0 aliphatic carbocycles. The molecule has 0 aliphatic rings. The van der Waals surface area contributed by atoms with Crippen LogP contribution in [0.3, 0.4) is 0 Å².